The molecule has 0 aliphatic carbocycles. The summed E-state index contributed by atoms with van der Waals surface area (Å²) >= 11 is 0. The molecule has 0 aliphatic rings. The molecular formula is C23H24N4O2. The number of hydrogen-bond acceptors (Lipinski definition) is 6. The van der Waals surface area contributed by atoms with Crippen molar-refractivity contribution in [2.45, 2.75) is 27.7 Å². The second-order valence-corrected chi connectivity index (χ2v) is 7.36. The number of nitrogens with zero attached hydrogens (tertiary/aromatic N) is 2. The lowest BCUT2D eigenvalue weighted by molar-refractivity contribution is 0.393. The number of nitrogen functional groups attached to an aromatic ring is 1. The van der Waals surface area contributed by atoms with Gasteiger partial charge in [0.2, 0.25) is 0 Å². The maximum Gasteiger partial charge on any atom is 0.141 e. The molecule has 2 heterocycles. The first-order valence-electron chi connectivity index (χ1n) is 9.42. The number of aryl methyl sites for hydroxylation is 4. The van der Waals surface area contributed by atoms with Gasteiger partial charge < -0.3 is 20.3 Å². The summed E-state index contributed by atoms with van der Waals surface area (Å²) in [5.41, 5.74) is 14.5. The monoisotopic (exact) mass is 388 g/mol. The number of hydrogen-bond donors (Lipinski definition) is 2. The summed E-state index contributed by atoms with van der Waals surface area (Å²) in [6.07, 6.45) is 1.68. The third kappa shape index (κ3) is 3.38. The molecule has 6 nitrogen and oxygen atoms in total. The van der Waals surface area contributed by atoms with Crippen molar-refractivity contribution in [1.29, 1.82) is 0 Å². The van der Waals surface area contributed by atoms with Gasteiger partial charge in [0, 0.05) is 16.6 Å². The predicted molar refractivity (Wildman–Crippen MR) is 117 cm³/mol. The molecule has 4 aromatic rings. The Bertz CT molecular complexity index is 1190. The van der Waals surface area contributed by atoms with Crippen molar-refractivity contribution in [3.8, 4) is 16.9 Å². The Morgan fingerprint density at radius 2 is 1.72 bits per heavy atom. The molecule has 0 saturated heterocycles. The SMILES string of the molecule is COc1cc2c(Nc3cc(C)cc(C)c3)c(N)cnc2cc1-c1c(C)noc1C. The second kappa shape index (κ2) is 7.13. The van der Waals surface area contributed by atoms with Crippen molar-refractivity contribution >= 4 is 28.0 Å². The van der Waals surface area contributed by atoms with Gasteiger partial charge >= 0.3 is 0 Å². The Morgan fingerprint density at radius 1 is 1.00 bits per heavy atom. The third-order valence-electron chi connectivity index (χ3n) is 5.01. The highest BCUT2D eigenvalue weighted by Gasteiger charge is 2.19. The molecule has 0 saturated carbocycles. The van der Waals surface area contributed by atoms with Gasteiger partial charge in [-0.2, -0.15) is 0 Å². The highest BCUT2D eigenvalue weighted by molar-refractivity contribution is 6.02. The van der Waals surface area contributed by atoms with E-state index in [0.717, 1.165) is 44.9 Å². The van der Waals surface area contributed by atoms with Crippen LogP contribution in [-0.4, -0.2) is 17.3 Å². The Kier molecular flexibility index (Phi) is 4.62. The minimum Gasteiger partial charge on any atom is -0.496 e. The maximum atomic E-state index is 6.29. The Morgan fingerprint density at radius 3 is 2.34 bits per heavy atom. The summed E-state index contributed by atoms with van der Waals surface area (Å²) in [6, 6.07) is 10.3. The Balaban J connectivity index is 1.91. The van der Waals surface area contributed by atoms with Gasteiger partial charge in [-0.25, -0.2) is 0 Å². The number of nitrogens with two attached hydrogens (primary N) is 1. The van der Waals surface area contributed by atoms with E-state index in [0.29, 0.717) is 11.4 Å². The van der Waals surface area contributed by atoms with Gasteiger partial charge in [-0.05, 0) is 63.1 Å². The smallest absolute Gasteiger partial charge is 0.141 e. The van der Waals surface area contributed by atoms with E-state index in [4.69, 9.17) is 15.0 Å². The zero-order valence-electron chi connectivity index (χ0n) is 17.3. The first-order chi connectivity index (χ1) is 13.9. The number of anilines is 3. The first-order valence-corrected chi connectivity index (χ1v) is 9.42. The summed E-state index contributed by atoms with van der Waals surface area (Å²) in [5.74, 6) is 1.45. The van der Waals surface area contributed by atoms with Gasteiger partial charge in [0.1, 0.15) is 11.5 Å². The zero-order chi connectivity index (χ0) is 20.7. The normalized spacial score (nSPS) is 11.1. The minimum atomic E-state index is 0.573. The molecule has 0 fully saturated rings. The first kappa shape index (κ1) is 18.8. The number of methoxy groups -OCH3 is 1. The second-order valence-electron chi connectivity index (χ2n) is 7.36. The van der Waals surface area contributed by atoms with Gasteiger partial charge in [-0.3, -0.25) is 4.98 Å². The Hall–Kier alpha value is -3.54. The van der Waals surface area contributed by atoms with E-state index in [1.807, 2.05) is 26.0 Å². The number of fused-ring (bicyclic) bond motifs is 1. The third-order valence-corrected chi connectivity index (χ3v) is 5.01. The molecule has 3 N–H and O–H groups in total. The summed E-state index contributed by atoms with van der Waals surface area (Å²) in [4.78, 5) is 4.55. The van der Waals surface area contributed by atoms with Crippen LogP contribution in [0, 0.1) is 27.7 Å². The molecule has 4 rings (SSSR count). The van der Waals surface area contributed by atoms with Crippen molar-refractivity contribution in [1.82, 2.24) is 10.1 Å². The molecule has 148 valence electrons. The molecule has 0 amide bonds. The van der Waals surface area contributed by atoms with Crippen molar-refractivity contribution < 1.29 is 9.26 Å². The van der Waals surface area contributed by atoms with Crippen LogP contribution in [0.5, 0.6) is 5.75 Å². The van der Waals surface area contributed by atoms with Gasteiger partial charge in [0.25, 0.3) is 0 Å². The number of ether oxygens (including phenoxy) is 1. The fourth-order valence-electron chi connectivity index (χ4n) is 3.80. The van der Waals surface area contributed by atoms with Crippen LogP contribution in [0.15, 0.2) is 41.1 Å². The summed E-state index contributed by atoms with van der Waals surface area (Å²) in [7, 11) is 1.65. The molecule has 0 bridgehead atoms. The van der Waals surface area contributed by atoms with Crippen LogP contribution in [0.4, 0.5) is 17.1 Å². The van der Waals surface area contributed by atoms with Crippen LogP contribution >= 0.6 is 0 Å². The van der Waals surface area contributed by atoms with Crippen molar-refractivity contribution in [2.24, 2.45) is 0 Å². The molecule has 0 spiro atoms. The maximum absolute atomic E-state index is 6.29. The largest absolute Gasteiger partial charge is 0.496 e. The molecular weight excluding hydrogens is 364 g/mol. The lowest BCUT2D eigenvalue weighted by Gasteiger charge is -2.16. The van der Waals surface area contributed by atoms with Gasteiger partial charge in [-0.1, -0.05) is 11.2 Å². The molecule has 0 aliphatic heterocycles. The molecule has 29 heavy (non-hydrogen) atoms. The van der Waals surface area contributed by atoms with Crippen molar-refractivity contribution in [3.63, 3.8) is 0 Å². The quantitative estimate of drug-likeness (QED) is 0.483. The molecule has 2 aromatic heterocycles. The van der Waals surface area contributed by atoms with Crippen LogP contribution < -0.4 is 15.8 Å². The number of aromatic nitrogens is 2. The van der Waals surface area contributed by atoms with E-state index >= 15 is 0 Å². The predicted octanol–water partition coefficient (Wildman–Crippen LogP) is 5.46. The minimum absolute atomic E-state index is 0.573. The van der Waals surface area contributed by atoms with Crippen LogP contribution in [-0.2, 0) is 0 Å². The van der Waals surface area contributed by atoms with Gasteiger partial charge in [-0.15, -0.1) is 0 Å². The fourth-order valence-corrected chi connectivity index (χ4v) is 3.80. The summed E-state index contributed by atoms with van der Waals surface area (Å²) in [5, 5.41) is 8.43. The molecule has 0 unspecified atom stereocenters. The van der Waals surface area contributed by atoms with Crippen LogP contribution in [0.2, 0.25) is 0 Å². The van der Waals surface area contributed by atoms with E-state index in [2.05, 4.69) is 47.5 Å². The zero-order valence-corrected chi connectivity index (χ0v) is 17.3. The standard InChI is InChI=1S/C23H24N4O2/c1-12-6-13(2)8-16(7-12)26-23-17-10-21(28-5)18(9-20(17)25-11-19(23)24)22-14(3)27-29-15(22)4/h6-11H,24H2,1-5H3,(H,25,26). The average Bonchev–Trinajstić information content (AvgIpc) is 3.00. The van der Waals surface area contributed by atoms with Crippen molar-refractivity contribution in [2.75, 3.05) is 18.2 Å². The van der Waals surface area contributed by atoms with E-state index in [1.165, 1.54) is 11.1 Å². The highest BCUT2D eigenvalue weighted by Crippen LogP contribution is 2.40. The van der Waals surface area contributed by atoms with Crippen LogP contribution in [0.3, 0.4) is 0 Å². The summed E-state index contributed by atoms with van der Waals surface area (Å²) in [6.45, 7) is 7.96. The van der Waals surface area contributed by atoms with E-state index in [-0.39, 0.29) is 0 Å². The topological polar surface area (TPSA) is 86.2 Å². The fraction of sp³-hybridized carbons (Fsp3) is 0.217. The van der Waals surface area contributed by atoms with Gasteiger partial charge in [0.15, 0.2) is 0 Å². The van der Waals surface area contributed by atoms with Gasteiger partial charge in [0.05, 0.1) is 41.5 Å². The lowest BCUT2D eigenvalue weighted by atomic mass is 10.00. The average molecular weight is 388 g/mol. The van der Waals surface area contributed by atoms with Crippen LogP contribution in [0.25, 0.3) is 22.0 Å². The Labute approximate surface area is 169 Å². The number of pyridine rings is 1. The molecule has 2 aromatic carbocycles. The lowest BCUT2D eigenvalue weighted by Crippen LogP contribution is -2.00. The molecule has 0 atom stereocenters. The molecule has 6 heteroatoms. The molecule has 0 radical (unpaired) electrons. The van der Waals surface area contributed by atoms with Crippen molar-refractivity contribution in [3.05, 3.63) is 59.1 Å². The number of benzene rings is 2. The van der Waals surface area contributed by atoms with Crippen LogP contribution in [0.1, 0.15) is 22.6 Å². The highest BCUT2D eigenvalue weighted by atomic mass is 16.5. The van der Waals surface area contributed by atoms with E-state index < -0.39 is 0 Å². The number of rotatable bonds is 4. The number of nitrogens with one attached hydrogen (secondary N) is 1. The van der Waals surface area contributed by atoms with E-state index in [9.17, 15) is 0 Å². The van der Waals surface area contributed by atoms with E-state index in [1.54, 1.807) is 13.3 Å². The summed E-state index contributed by atoms with van der Waals surface area (Å²) < 4.78 is 11.1.